The van der Waals surface area contributed by atoms with Gasteiger partial charge in [0.15, 0.2) is 0 Å². The third-order valence-electron chi connectivity index (χ3n) is 4.41. The van der Waals surface area contributed by atoms with Crippen LogP contribution < -0.4 is 10.6 Å². The molecule has 0 aliphatic carbocycles. The average Bonchev–Trinajstić information content (AvgIpc) is 3.19. The fourth-order valence-corrected chi connectivity index (χ4v) is 2.95. The normalized spacial score (nSPS) is 16.6. The van der Waals surface area contributed by atoms with Gasteiger partial charge < -0.3 is 15.5 Å². The molecule has 0 unspecified atom stereocenters. The number of carbonyl (C=O) groups is 2. The van der Waals surface area contributed by atoms with Crippen molar-refractivity contribution in [3.63, 3.8) is 0 Å². The second-order valence-corrected chi connectivity index (χ2v) is 6.49. The highest BCUT2D eigenvalue weighted by Gasteiger charge is 2.32. The molecular formula is C21H22FN3O3. The van der Waals surface area contributed by atoms with E-state index in [2.05, 4.69) is 15.8 Å². The first kappa shape index (κ1) is 19.5. The Morgan fingerprint density at radius 3 is 2.57 bits per heavy atom. The number of nitrogens with zero attached hydrogens (tertiary/aromatic N) is 1. The lowest BCUT2D eigenvalue weighted by atomic mass is 10.0. The van der Waals surface area contributed by atoms with Crippen molar-refractivity contribution < 1.29 is 18.8 Å². The molecule has 0 spiro atoms. The fourth-order valence-electron chi connectivity index (χ4n) is 2.95. The van der Waals surface area contributed by atoms with E-state index in [-0.39, 0.29) is 18.1 Å². The molecule has 3 rings (SSSR count). The van der Waals surface area contributed by atoms with Gasteiger partial charge in [-0.3, -0.25) is 9.59 Å². The third kappa shape index (κ3) is 4.94. The van der Waals surface area contributed by atoms with Crippen LogP contribution in [0.4, 0.5) is 4.39 Å². The molecule has 0 saturated heterocycles. The van der Waals surface area contributed by atoms with Gasteiger partial charge in [0, 0.05) is 19.4 Å². The van der Waals surface area contributed by atoms with Crippen molar-refractivity contribution in [2.45, 2.75) is 31.9 Å². The Kier molecular flexibility index (Phi) is 6.37. The van der Waals surface area contributed by atoms with Crippen molar-refractivity contribution in [3.8, 4) is 0 Å². The Labute approximate surface area is 162 Å². The summed E-state index contributed by atoms with van der Waals surface area (Å²) in [6, 6.07) is 14.6. The van der Waals surface area contributed by atoms with E-state index in [1.54, 1.807) is 12.1 Å². The SMILES string of the molecule is CCNC(=O)[C@H](Cc1ccccc1)NC(=O)[C@H]1CC(c2ccc(F)cc2)=NO1. The Hall–Kier alpha value is -3.22. The quantitative estimate of drug-likeness (QED) is 0.769. The van der Waals surface area contributed by atoms with E-state index in [1.807, 2.05) is 37.3 Å². The second-order valence-electron chi connectivity index (χ2n) is 6.49. The molecule has 0 aromatic heterocycles. The van der Waals surface area contributed by atoms with Gasteiger partial charge in [0.1, 0.15) is 11.9 Å². The van der Waals surface area contributed by atoms with Crippen LogP contribution in [0.1, 0.15) is 24.5 Å². The molecule has 0 fully saturated rings. The third-order valence-corrected chi connectivity index (χ3v) is 4.41. The molecule has 28 heavy (non-hydrogen) atoms. The van der Waals surface area contributed by atoms with E-state index in [0.717, 1.165) is 5.56 Å². The predicted octanol–water partition coefficient (Wildman–Crippen LogP) is 2.18. The van der Waals surface area contributed by atoms with Crippen molar-refractivity contribution in [2.75, 3.05) is 6.54 Å². The average molecular weight is 383 g/mol. The molecule has 1 heterocycles. The largest absolute Gasteiger partial charge is 0.382 e. The van der Waals surface area contributed by atoms with Crippen LogP contribution in [0.3, 0.4) is 0 Å². The van der Waals surface area contributed by atoms with Crippen LogP contribution >= 0.6 is 0 Å². The van der Waals surface area contributed by atoms with Crippen molar-refractivity contribution in [3.05, 3.63) is 71.5 Å². The Morgan fingerprint density at radius 1 is 1.18 bits per heavy atom. The van der Waals surface area contributed by atoms with E-state index < -0.39 is 18.1 Å². The second kappa shape index (κ2) is 9.12. The van der Waals surface area contributed by atoms with Gasteiger partial charge >= 0.3 is 0 Å². The predicted molar refractivity (Wildman–Crippen MR) is 103 cm³/mol. The summed E-state index contributed by atoms with van der Waals surface area (Å²) in [7, 11) is 0. The van der Waals surface area contributed by atoms with Crippen molar-refractivity contribution in [1.29, 1.82) is 0 Å². The van der Waals surface area contributed by atoms with E-state index in [1.165, 1.54) is 12.1 Å². The smallest absolute Gasteiger partial charge is 0.265 e. The molecule has 7 heteroatoms. The lowest BCUT2D eigenvalue weighted by Crippen LogP contribution is -2.50. The molecule has 2 aromatic carbocycles. The molecule has 2 atom stereocenters. The van der Waals surface area contributed by atoms with Gasteiger partial charge in [-0.15, -0.1) is 0 Å². The number of oxime groups is 1. The lowest BCUT2D eigenvalue weighted by molar-refractivity contribution is -0.135. The van der Waals surface area contributed by atoms with Crippen LogP contribution in [0.15, 0.2) is 59.8 Å². The van der Waals surface area contributed by atoms with Gasteiger partial charge in [0.2, 0.25) is 12.0 Å². The van der Waals surface area contributed by atoms with Gasteiger partial charge in [0.05, 0.1) is 5.71 Å². The monoisotopic (exact) mass is 383 g/mol. The summed E-state index contributed by atoms with van der Waals surface area (Å²) in [5.41, 5.74) is 2.20. The number of rotatable bonds is 7. The molecule has 0 bridgehead atoms. The first-order chi connectivity index (χ1) is 13.6. The maximum atomic E-state index is 13.1. The lowest BCUT2D eigenvalue weighted by Gasteiger charge is -2.19. The molecule has 0 radical (unpaired) electrons. The zero-order chi connectivity index (χ0) is 19.9. The minimum Gasteiger partial charge on any atom is -0.382 e. The Balaban J connectivity index is 1.63. The Bertz CT molecular complexity index is 853. The molecule has 2 amide bonds. The van der Waals surface area contributed by atoms with E-state index in [9.17, 15) is 14.0 Å². The summed E-state index contributed by atoms with van der Waals surface area (Å²) < 4.78 is 13.1. The van der Waals surface area contributed by atoms with Crippen LogP contribution in [-0.4, -0.2) is 36.2 Å². The molecule has 6 nitrogen and oxygen atoms in total. The summed E-state index contributed by atoms with van der Waals surface area (Å²) in [6.45, 7) is 2.29. The fraction of sp³-hybridized carbons (Fsp3) is 0.286. The maximum absolute atomic E-state index is 13.1. The Morgan fingerprint density at radius 2 is 1.89 bits per heavy atom. The minimum absolute atomic E-state index is 0.252. The maximum Gasteiger partial charge on any atom is 0.265 e. The van der Waals surface area contributed by atoms with Gasteiger partial charge in [-0.05, 0) is 30.2 Å². The number of likely N-dealkylation sites (N-methyl/N-ethyl adjacent to an activating group) is 1. The number of carbonyl (C=O) groups excluding carboxylic acids is 2. The molecule has 146 valence electrons. The summed E-state index contributed by atoms with van der Waals surface area (Å²) in [6.07, 6.45) is -0.199. The molecule has 1 aliphatic heterocycles. The summed E-state index contributed by atoms with van der Waals surface area (Å²) in [4.78, 5) is 30.3. The summed E-state index contributed by atoms with van der Waals surface area (Å²) in [5.74, 6) is -1.01. The standard InChI is InChI=1S/C21H22FN3O3/c1-2-23-20(26)18(12-14-6-4-3-5-7-14)24-21(27)19-13-17(25-28-19)15-8-10-16(22)11-9-15/h3-11,18-19H,2,12-13H2,1H3,(H,23,26)(H,24,27)/t18-,19+/m0/s1. The number of amides is 2. The number of hydrogen-bond donors (Lipinski definition) is 2. The van der Waals surface area contributed by atoms with Gasteiger partial charge in [-0.25, -0.2) is 4.39 Å². The summed E-state index contributed by atoms with van der Waals surface area (Å²) in [5, 5.41) is 9.45. The molecule has 2 N–H and O–H groups in total. The highest BCUT2D eigenvalue weighted by molar-refractivity contribution is 6.04. The zero-order valence-corrected chi connectivity index (χ0v) is 15.5. The van der Waals surface area contributed by atoms with Gasteiger partial charge in [-0.2, -0.15) is 0 Å². The highest BCUT2D eigenvalue weighted by Crippen LogP contribution is 2.17. The van der Waals surface area contributed by atoms with Crippen molar-refractivity contribution in [1.82, 2.24) is 10.6 Å². The topological polar surface area (TPSA) is 79.8 Å². The van der Waals surface area contributed by atoms with Crippen molar-refractivity contribution in [2.24, 2.45) is 5.16 Å². The van der Waals surface area contributed by atoms with Crippen LogP contribution in [0, 0.1) is 5.82 Å². The number of nitrogens with one attached hydrogen (secondary N) is 2. The first-order valence-electron chi connectivity index (χ1n) is 9.17. The number of hydrogen-bond acceptors (Lipinski definition) is 4. The number of halogens is 1. The van der Waals surface area contributed by atoms with Crippen LogP contribution in [0.25, 0.3) is 0 Å². The molecule has 1 aliphatic rings. The van der Waals surface area contributed by atoms with Gasteiger partial charge in [0.25, 0.3) is 5.91 Å². The van der Waals surface area contributed by atoms with E-state index >= 15 is 0 Å². The zero-order valence-electron chi connectivity index (χ0n) is 15.5. The van der Waals surface area contributed by atoms with Crippen LogP contribution in [-0.2, 0) is 20.8 Å². The highest BCUT2D eigenvalue weighted by atomic mass is 19.1. The van der Waals surface area contributed by atoms with Gasteiger partial charge in [-0.1, -0.05) is 47.6 Å². The van der Waals surface area contributed by atoms with Crippen LogP contribution in [0.5, 0.6) is 0 Å². The van der Waals surface area contributed by atoms with E-state index in [0.29, 0.717) is 24.2 Å². The van der Waals surface area contributed by atoms with Crippen molar-refractivity contribution >= 4 is 17.5 Å². The number of benzene rings is 2. The van der Waals surface area contributed by atoms with Crippen LogP contribution in [0.2, 0.25) is 0 Å². The van der Waals surface area contributed by atoms with E-state index in [4.69, 9.17) is 4.84 Å². The molecular weight excluding hydrogens is 361 g/mol. The first-order valence-corrected chi connectivity index (χ1v) is 9.17. The summed E-state index contributed by atoms with van der Waals surface area (Å²) >= 11 is 0. The minimum atomic E-state index is -0.826. The molecule has 0 saturated carbocycles. The molecule has 2 aromatic rings.